The first-order chi connectivity index (χ1) is 39.3. The zero-order valence-electron chi connectivity index (χ0n) is 48.1. The molecule has 80 heavy (non-hydrogen) atoms. The molecule has 0 unspecified atom stereocenters. The molecule has 0 aliphatic heterocycles. The van der Waals surface area contributed by atoms with E-state index in [-0.39, 0.29) is 0 Å². The van der Waals surface area contributed by atoms with Crippen LogP contribution in [-0.4, -0.2) is 0 Å². The van der Waals surface area contributed by atoms with Crippen molar-refractivity contribution in [2.24, 2.45) is 0 Å². The van der Waals surface area contributed by atoms with Crippen LogP contribution in [0.5, 0.6) is 0 Å². The number of unbranched alkanes of at least 4 members (excludes halogenated alkanes) is 12. The fourth-order valence-electron chi connectivity index (χ4n) is 14.2. The summed E-state index contributed by atoms with van der Waals surface area (Å²) in [6.45, 7) is 13.9. The minimum atomic E-state index is -0.515. The molecular weight excluding hydrogens is 1080 g/mol. The highest BCUT2D eigenvalue weighted by Gasteiger charge is 2.54. The minimum Gasteiger partial charge on any atom is -0.138 e. The molecule has 5 aromatic carbocycles. The quantitative estimate of drug-likeness (QED) is 0.0529. The fraction of sp³-hybridized carbons (Fsp3) is 0.378. The fourth-order valence-corrected chi connectivity index (χ4v) is 22.8. The predicted molar refractivity (Wildman–Crippen MR) is 359 cm³/mol. The molecule has 0 saturated heterocycles. The van der Waals surface area contributed by atoms with E-state index in [1.807, 2.05) is 22.7 Å². The topological polar surface area (TPSA) is 0 Å². The largest absolute Gasteiger partial charge is 0.138 e. The minimum absolute atomic E-state index is 0.515. The Bertz CT molecular complexity index is 3580. The number of fused-ring (bicyclic) bond motifs is 14. The summed E-state index contributed by atoms with van der Waals surface area (Å²) in [5, 5.41) is 0. The van der Waals surface area contributed by atoms with Gasteiger partial charge >= 0.3 is 0 Å². The molecule has 0 saturated carbocycles. The Hall–Kier alpha value is -4.66. The van der Waals surface area contributed by atoms with Gasteiger partial charge in [-0.3, -0.25) is 0 Å². The van der Waals surface area contributed by atoms with Crippen molar-refractivity contribution < 1.29 is 0 Å². The molecule has 6 heteroatoms. The number of rotatable bonds is 24. The van der Waals surface area contributed by atoms with Gasteiger partial charge in [0.05, 0.1) is 39.0 Å². The summed E-state index contributed by atoms with van der Waals surface area (Å²) in [5.74, 6) is 0. The first-order valence-electron chi connectivity index (χ1n) is 30.8. The lowest BCUT2D eigenvalue weighted by Gasteiger charge is -2.36. The van der Waals surface area contributed by atoms with Crippen LogP contribution in [0.3, 0.4) is 0 Å². The summed E-state index contributed by atoms with van der Waals surface area (Å²) in [7, 11) is 0. The zero-order valence-corrected chi connectivity index (χ0v) is 53.0. The van der Waals surface area contributed by atoms with Crippen molar-refractivity contribution in [2.75, 3.05) is 0 Å². The summed E-state index contributed by atoms with van der Waals surface area (Å²) >= 11 is 12.3. The van der Waals surface area contributed by atoms with Gasteiger partial charge in [0.2, 0.25) is 0 Å². The van der Waals surface area contributed by atoms with Crippen molar-refractivity contribution >= 4 is 106 Å². The van der Waals surface area contributed by atoms with Gasteiger partial charge in [-0.1, -0.05) is 202 Å². The molecule has 13 rings (SSSR count). The molecular formula is C74H78S6. The molecule has 11 aromatic rings. The Morgan fingerprint density at radius 3 is 0.887 bits per heavy atom. The molecule has 0 bridgehead atoms. The zero-order chi connectivity index (χ0) is 54.5. The van der Waals surface area contributed by atoms with Gasteiger partial charge in [-0.2, -0.15) is 0 Å². The second-order valence-electron chi connectivity index (χ2n) is 23.7. The van der Waals surface area contributed by atoms with Crippen LogP contribution in [0.2, 0.25) is 0 Å². The van der Waals surface area contributed by atoms with Crippen molar-refractivity contribution in [2.45, 2.75) is 181 Å². The smallest absolute Gasteiger partial charge is 0.0736 e. The molecule has 0 amide bonds. The summed E-state index contributed by atoms with van der Waals surface area (Å²) in [4.78, 5) is 5.74. The molecule has 2 aliphatic carbocycles. The molecule has 410 valence electrons. The molecule has 0 spiro atoms. The van der Waals surface area contributed by atoms with Crippen LogP contribution in [0, 0.1) is 13.8 Å². The molecule has 2 aliphatic rings. The highest BCUT2D eigenvalue weighted by atomic mass is 32.1. The number of thiophene rings is 6. The average molecular weight is 1160 g/mol. The second kappa shape index (κ2) is 23.2. The van der Waals surface area contributed by atoms with E-state index < -0.39 is 10.8 Å². The van der Waals surface area contributed by atoms with E-state index >= 15 is 0 Å². The van der Waals surface area contributed by atoms with Gasteiger partial charge in [0.1, 0.15) is 0 Å². The maximum absolute atomic E-state index is 2.78. The first kappa shape index (κ1) is 54.6. The van der Waals surface area contributed by atoms with Gasteiger partial charge in [0.15, 0.2) is 0 Å². The maximum Gasteiger partial charge on any atom is 0.0736 e. The maximum atomic E-state index is 2.78. The van der Waals surface area contributed by atoms with Crippen molar-refractivity contribution in [1.29, 1.82) is 0 Å². The van der Waals surface area contributed by atoms with E-state index in [4.69, 9.17) is 0 Å². The van der Waals surface area contributed by atoms with Crippen LogP contribution in [-0.2, 0) is 36.5 Å². The van der Waals surface area contributed by atoms with Crippen LogP contribution in [0.4, 0.5) is 0 Å². The molecule has 0 N–H and O–H groups in total. The van der Waals surface area contributed by atoms with Crippen molar-refractivity contribution in [3.05, 3.63) is 198 Å². The first-order valence-corrected chi connectivity index (χ1v) is 35.7. The molecule has 0 atom stereocenters. The van der Waals surface area contributed by atoms with Gasteiger partial charge in [-0.05, 0) is 156 Å². The monoisotopic (exact) mass is 1160 g/mol. The number of hydrogen-bond acceptors (Lipinski definition) is 6. The van der Waals surface area contributed by atoms with Gasteiger partial charge < -0.3 is 0 Å². The molecule has 0 nitrogen and oxygen atoms in total. The Kier molecular flexibility index (Phi) is 15.8. The SMILES string of the molecule is CCCCCCc1ccc(C2(c3ccc(CCCCCC)cc3)c3cc4c(cc3-c3sc5c(sc6cc(C)sc65)c32)C(c2ccc(CCCCCC)cc2)(c2ccc(CCCCCC)cc2)c2c-4sc3c2sc2cc(C)sc23)cc1. The molecule has 0 radical (unpaired) electrons. The Balaban J connectivity index is 1.09. The number of hydrogen-bond donors (Lipinski definition) is 0. The molecule has 6 heterocycles. The van der Waals surface area contributed by atoms with E-state index in [2.05, 4.69) is 208 Å². The third kappa shape index (κ3) is 9.28. The van der Waals surface area contributed by atoms with E-state index in [0.717, 1.165) is 25.7 Å². The van der Waals surface area contributed by atoms with Gasteiger partial charge in [-0.25, -0.2) is 0 Å². The van der Waals surface area contributed by atoms with Gasteiger partial charge in [0, 0.05) is 40.0 Å². The standard InChI is InChI=1S/C74H78S6/c1-7-11-15-19-23-49-27-35-53(36-28-49)73(54-37-29-50(30-38-54)24-20-16-12-8-2)59-45-58-60(46-57(59)65-63(73)69-71(79-65)67-61(77-69)43-47(5)75-67)74(55-39-31-51(32-40-55)25-21-17-13-9-3,56-41-33-52(34-42-56)26-22-18-14-10-4)64-66(58)80-72-68-62(78-70(64)72)44-48(6)76-68/h27-46H,7-26H2,1-6H3. The highest BCUT2D eigenvalue weighted by molar-refractivity contribution is 7.40. The Morgan fingerprint density at radius 1 is 0.300 bits per heavy atom. The van der Waals surface area contributed by atoms with E-state index in [0.29, 0.717) is 0 Å². The molecule has 0 fully saturated rings. The van der Waals surface area contributed by atoms with E-state index in [1.165, 1.54) is 238 Å². The van der Waals surface area contributed by atoms with Crippen molar-refractivity contribution in [3.8, 4) is 20.9 Å². The van der Waals surface area contributed by atoms with Crippen LogP contribution >= 0.6 is 68.0 Å². The van der Waals surface area contributed by atoms with Crippen LogP contribution in [0.15, 0.2) is 121 Å². The lowest BCUT2D eigenvalue weighted by atomic mass is 9.65. The Morgan fingerprint density at radius 2 is 0.600 bits per heavy atom. The lowest BCUT2D eigenvalue weighted by molar-refractivity contribution is 0.666. The van der Waals surface area contributed by atoms with Gasteiger partial charge in [0.25, 0.3) is 0 Å². The predicted octanol–water partition coefficient (Wildman–Crippen LogP) is 24.5. The highest BCUT2D eigenvalue weighted by Crippen LogP contribution is 2.69. The third-order valence-corrected chi connectivity index (χ3v) is 25.9. The van der Waals surface area contributed by atoms with Crippen LogP contribution in [0.1, 0.15) is 207 Å². The van der Waals surface area contributed by atoms with E-state index in [1.54, 1.807) is 0 Å². The van der Waals surface area contributed by atoms with Gasteiger partial charge in [-0.15, -0.1) is 68.0 Å². The normalized spacial score (nSPS) is 14.1. The lowest BCUT2D eigenvalue weighted by Crippen LogP contribution is -2.30. The van der Waals surface area contributed by atoms with Crippen LogP contribution < -0.4 is 0 Å². The third-order valence-electron chi connectivity index (χ3n) is 18.2. The summed E-state index contributed by atoms with van der Waals surface area (Å²) < 4.78 is 11.8. The number of aryl methyl sites for hydroxylation is 6. The van der Waals surface area contributed by atoms with E-state index in [9.17, 15) is 0 Å². The average Bonchev–Trinajstić information content (AvgIpc) is 3.96. The number of benzene rings is 5. The second-order valence-corrected chi connectivity index (χ2v) is 30.4. The molecule has 6 aromatic heterocycles. The van der Waals surface area contributed by atoms with Crippen molar-refractivity contribution in [3.63, 3.8) is 0 Å². The summed E-state index contributed by atoms with van der Waals surface area (Å²) in [6.07, 6.45) is 25.0. The Labute approximate surface area is 501 Å². The van der Waals surface area contributed by atoms with Crippen molar-refractivity contribution in [1.82, 2.24) is 0 Å². The van der Waals surface area contributed by atoms with Crippen LogP contribution in [0.25, 0.3) is 58.5 Å². The summed E-state index contributed by atoms with van der Waals surface area (Å²) in [6, 6.07) is 51.0. The summed E-state index contributed by atoms with van der Waals surface area (Å²) in [5.41, 5.74) is 19.2.